The molecule has 0 unspecified atom stereocenters. The molecule has 1 aromatic carbocycles. The molecule has 1 aromatic heterocycles. The fourth-order valence-corrected chi connectivity index (χ4v) is 2.34. The summed E-state index contributed by atoms with van der Waals surface area (Å²) in [4.78, 5) is 8.54. The maximum Gasteiger partial charge on any atom is 0.213 e. The van der Waals surface area contributed by atoms with Crippen molar-refractivity contribution in [2.45, 2.75) is 39.2 Å². The van der Waals surface area contributed by atoms with E-state index in [-0.39, 0.29) is 29.4 Å². The SMILES string of the molecule is CN=C(NCCc1ccccc1OC)NCc1ncc(C(C)(C)C)o1.I. The van der Waals surface area contributed by atoms with E-state index < -0.39 is 0 Å². The molecule has 6 nitrogen and oxygen atoms in total. The topological polar surface area (TPSA) is 71.7 Å². The molecule has 0 radical (unpaired) electrons. The number of methoxy groups -OCH3 is 1. The number of nitrogens with one attached hydrogen (secondary N) is 2. The molecular formula is C19H29IN4O2. The molecule has 0 saturated carbocycles. The minimum absolute atomic E-state index is 0. The van der Waals surface area contributed by atoms with Crippen molar-refractivity contribution < 1.29 is 9.15 Å². The van der Waals surface area contributed by atoms with Crippen LogP contribution in [0.3, 0.4) is 0 Å². The molecule has 0 atom stereocenters. The Morgan fingerprint density at radius 2 is 1.96 bits per heavy atom. The zero-order valence-electron chi connectivity index (χ0n) is 16.1. The number of aromatic nitrogens is 1. The summed E-state index contributed by atoms with van der Waals surface area (Å²) in [6.45, 7) is 7.54. The Bertz CT molecular complexity index is 708. The Morgan fingerprint density at radius 3 is 2.58 bits per heavy atom. The van der Waals surface area contributed by atoms with E-state index >= 15 is 0 Å². The first-order chi connectivity index (χ1) is 11.9. The second kappa shape index (κ2) is 10.4. The van der Waals surface area contributed by atoms with Crippen molar-refractivity contribution in [3.8, 4) is 5.75 Å². The van der Waals surface area contributed by atoms with E-state index in [9.17, 15) is 0 Å². The summed E-state index contributed by atoms with van der Waals surface area (Å²) in [5.74, 6) is 3.15. The first-order valence-electron chi connectivity index (χ1n) is 8.45. The molecular weight excluding hydrogens is 443 g/mol. The van der Waals surface area contributed by atoms with Crippen LogP contribution in [0.2, 0.25) is 0 Å². The highest BCUT2D eigenvalue weighted by Crippen LogP contribution is 2.22. The second-order valence-electron chi connectivity index (χ2n) is 6.78. The smallest absolute Gasteiger partial charge is 0.213 e. The third-order valence-electron chi connectivity index (χ3n) is 3.80. The number of hydrogen-bond acceptors (Lipinski definition) is 4. The predicted molar refractivity (Wildman–Crippen MR) is 116 cm³/mol. The van der Waals surface area contributed by atoms with Gasteiger partial charge >= 0.3 is 0 Å². The van der Waals surface area contributed by atoms with Crippen LogP contribution in [-0.2, 0) is 18.4 Å². The van der Waals surface area contributed by atoms with Gasteiger partial charge < -0.3 is 19.8 Å². The van der Waals surface area contributed by atoms with Crippen LogP contribution < -0.4 is 15.4 Å². The number of hydrogen-bond donors (Lipinski definition) is 2. The van der Waals surface area contributed by atoms with Crippen molar-refractivity contribution in [1.29, 1.82) is 0 Å². The Morgan fingerprint density at radius 1 is 1.23 bits per heavy atom. The average molecular weight is 472 g/mol. The highest BCUT2D eigenvalue weighted by Gasteiger charge is 2.19. The molecule has 0 spiro atoms. The Labute approximate surface area is 172 Å². The molecule has 0 bridgehead atoms. The summed E-state index contributed by atoms with van der Waals surface area (Å²) < 4.78 is 11.1. The number of oxazole rings is 1. The van der Waals surface area contributed by atoms with Gasteiger partial charge in [0.2, 0.25) is 5.89 Å². The fraction of sp³-hybridized carbons (Fsp3) is 0.474. The Hall–Kier alpha value is -1.77. The maximum atomic E-state index is 5.77. The highest BCUT2D eigenvalue weighted by molar-refractivity contribution is 14.0. The average Bonchev–Trinajstić information content (AvgIpc) is 3.07. The van der Waals surface area contributed by atoms with Gasteiger partial charge in [0.25, 0.3) is 0 Å². The molecule has 0 fully saturated rings. The van der Waals surface area contributed by atoms with E-state index in [1.807, 2.05) is 18.2 Å². The largest absolute Gasteiger partial charge is 0.496 e. The quantitative estimate of drug-likeness (QED) is 0.383. The molecule has 144 valence electrons. The minimum atomic E-state index is -0.0418. The van der Waals surface area contributed by atoms with Gasteiger partial charge in [-0.1, -0.05) is 39.0 Å². The van der Waals surface area contributed by atoms with Crippen LogP contribution in [0.15, 0.2) is 39.9 Å². The molecule has 2 aromatic rings. The third-order valence-corrected chi connectivity index (χ3v) is 3.80. The molecule has 0 aliphatic carbocycles. The summed E-state index contributed by atoms with van der Waals surface area (Å²) in [7, 11) is 3.43. The minimum Gasteiger partial charge on any atom is -0.496 e. The van der Waals surface area contributed by atoms with Crippen molar-refractivity contribution in [3.63, 3.8) is 0 Å². The van der Waals surface area contributed by atoms with Crippen LogP contribution in [0.4, 0.5) is 0 Å². The van der Waals surface area contributed by atoms with Crippen LogP contribution in [0.5, 0.6) is 5.75 Å². The fourth-order valence-electron chi connectivity index (χ4n) is 2.34. The lowest BCUT2D eigenvalue weighted by Crippen LogP contribution is -2.37. The number of nitrogens with zero attached hydrogens (tertiary/aromatic N) is 2. The summed E-state index contributed by atoms with van der Waals surface area (Å²) in [6.07, 6.45) is 2.63. The zero-order valence-corrected chi connectivity index (χ0v) is 18.5. The highest BCUT2D eigenvalue weighted by atomic mass is 127. The van der Waals surface area contributed by atoms with Crippen LogP contribution in [0.1, 0.15) is 38.0 Å². The molecule has 0 amide bonds. The number of para-hydroxylation sites is 1. The van der Waals surface area contributed by atoms with E-state index in [0.717, 1.165) is 30.0 Å². The van der Waals surface area contributed by atoms with Gasteiger partial charge in [-0.05, 0) is 18.1 Å². The van der Waals surface area contributed by atoms with E-state index in [4.69, 9.17) is 9.15 Å². The van der Waals surface area contributed by atoms with E-state index in [2.05, 4.69) is 47.4 Å². The summed E-state index contributed by atoms with van der Waals surface area (Å²) in [5, 5.41) is 6.51. The van der Waals surface area contributed by atoms with E-state index in [1.54, 1.807) is 20.4 Å². The van der Waals surface area contributed by atoms with Crippen LogP contribution in [-0.4, -0.2) is 31.6 Å². The third kappa shape index (κ3) is 6.51. The molecule has 7 heteroatoms. The predicted octanol–water partition coefficient (Wildman–Crippen LogP) is 3.51. The van der Waals surface area contributed by atoms with E-state index in [0.29, 0.717) is 18.4 Å². The van der Waals surface area contributed by atoms with E-state index in [1.165, 1.54) is 0 Å². The molecule has 1 heterocycles. The standard InChI is InChI=1S/C19H28N4O2.HI/c1-19(2,3)16-12-22-17(25-16)13-23-18(20-4)21-11-10-14-8-6-7-9-15(14)24-5;/h6-9,12H,10-11,13H2,1-5H3,(H2,20,21,23);1H. The maximum absolute atomic E-state index is 5.77. The summed E-state index contributed by atoms with van der Waals surface area (Å²) >= 11 is 0. The van der Waals surface area contributed by atoms with Crippen molar-refractivity contribution >= 4 is 29.9 Å². The van der Waals surface area contributed by atoms with Gasteiger partial charge in [-0.15, -0.1) is 24.0 Å². The summed E-state index contributed by atoms with van der Waals surface area (Å²) in [6, 6.07) is 8.02. The zero-order chi connectivity index (χ0) is 18.3. The van der Waals surface area contributed by atoms with Crippen molar-refractivity contribution in [2.24, 2.45) is 4.99 Å². The van der Waals surface area contributed by atoms with Crippen LogP contribution >= 0.6 is 24.0 Å². The normalized spacial score (nSPS) is 11.7. The lowest BCUT2D eigenvalue weighted by Gasteiger charge is -2.14. The number of halogens is 1. The van der Waals surface area contributed by atoms with Gasteiger partial charge in [-0.25, -0.2) is 4.98 Å². The Kier molecular flexibility index (Phi) is 8.91. The van der Waals surface area contributed by atoms with Gasteiger partial charge in [0.1, 0.15) is 11.5 Å². The van der Waals surface area contributed by atoms with Gasteiger partial charge in [-0.3, -0.25) is 4.99 Å². The molecule has 0 aliphatic heterocycles. The van der Waals surface area contributed by atoms with Crippen LogP contribution in [0, 0.1) is 0 Å². The van der Waals surface area contributed by atoms with Crippen molar-refractivity contribution in [2.75, 3.05) is 20.7 Å². The molecule has 2 N–H and O–H groups in total. The molecule has 0 saturated heterocycles. The molecule has 0 aliphatic rings. The lowest BCUT2D eigenvalue weighted by atomic mass is 9.94. The van der Waals surface area contributed by atoms with Gasteiger partial charge in [0, 0.05) is 19.0 Å². The number of guanidine groups is 1. The lowest BCUT2D eigenvalue weighted by molar-refractivity contribution is 0.379. The molecule has 26 heavy (non-hydrogen) atoms. The monoisotopic (exact) mass is 472 g/mol. The van der Waals surface area contributed by atoms with Crippen LogP contribution in [0.25, 0.3) is 0 Å². The number of rotatable bonds is 6. The van der Waals surface area contributed by atoms with Gasteiger partial charge in [-0.2, -0.15) is 0 Å². The summed E-state index contributed by atoms with van der Waals surface area (Å²) in [5.41, 5.74) is 1.12. The first kappa shape index (κ1) is 22.3. The number of benzene rings is 1. The Balaban J connectivity index is 0.00000338. The second-order valence-corrected chi connectivity index (χ2v) is 6.78. The van der Waals surface area contributed by atoms with Gasteiger partial charge in [0.15, 0.2) is 5.96 Å². The molecule has 2 rings (SSSR count). The van der Waals surface area contributed by atoms with Gasteiger partial charge in [0.05, 0.1) is 19.9 Å². The van der Waals surface area contributed by atoms with Crippen molar-refractivity contribution in [3.05, 3.63) is 47.7 Å². The van der Waals surface area contributed by atoms with Crippen molar-refractivity contribution in [1.82, 2.24) is 15.6 Å². The number of ether oxygens (including phenoxy) is 1. The number of aliphatic imine (C=N–C) groups is 1. The first-order valence-corrected chi connectivity index (χ1v) is 8.45.